The van der Waals surface area contributed by atoms with E-state index in [0.717, 1.165) is 12.8 Å². The highest BCUT2D eigenvalue weighted by Crippen LogP contribution is 2.31. The first-order chi connectivity index (χ1) is 11.6. The molecule has 1 amide bonds. The number of aromatic nitrogens is 4. The largest absolute Gasteiger partial charge is 0.383 e. The van der Waals surface area contributed by atoms with Gasteiger partial charge >= 0.3 is 0 Å². The summed E-state index contributed by atoms with van der Waals surface area (Å²) in [6.07, 6.45) is 1.63. The molecule has 2 aromatic heterocycles. The molecule has 1 unspecified atom stereocenters. The fourth-order valence-corrected chi connectivity index (χ4v) is 2.78. The predicted molar refractivity (Wildman–Crippen MR) is 82.4 cm³/mol. The van der Waals surface area contributed by atoms with Crippen molar-refractivity contribution in [3.8, 4) is 0 Å². The van der Waals surface area contributed by atoms with E-state index >= 15 is 0 Å². The van der Waals surface area contributed by atoms with E-state index < -0.39 is 0 Å². The van der Waals surface area contributed by atoms with Crippen LogP contribution in [0.3, 0.4) is 0 Å². The quantitative estimate of drug-likeness (QED) is 0.787. The molecule has 1 saturated heterocycles. The lowest BCUT2D eigenvalue weighted by Gasteiger charge is -2.21. The second-order valence-corrected chi connectivity index (χ2v) is 5.60. The minimum Gasteiger partial charge on any atom is -0.383 e. The number of ether oxygens (including phenoxy) is 1. The fourth-order valence-electron chi connectivity index (χ4n) is 2.78. The third-order valence-corrected chi connectivity index (χ3v) is 3.95. The highest BCUT2D eigenvalue weighted by molar-refractivity contribution is 5.92. The SMILES string of the molecule is COCCn1nc(C(=O)N2CCCC2c2noc(C)n2)ccc1=O. The van der Waals surface area contributed by atoms with E-state index in [-0.39, 0.29) is 23.2 Å². The summed E-state index contributed by atoms with van der Waals surface area (Å²) < 4.78 is 11.2. The third kappa shape index (κ3) is 3.21. The maximum Gasteiger partial charge on any atom is 0.274 e. The number of hydrogen-bond donors (Lipinski definition) is 0. The van der Waals surface area contributed by atoms with Gasteiger partial charge in [-0.25, -0.2) is 4.68 Å². The van der Waals surface area contributed by atoms with Gasteiger partial charge in [0, 0.05) is 26.6 Å². The molecule has 0 saturated carbocycles. The number of methoxy groups -OCH3 is 1. The van der Waals surface area contributed by atoms with Crippen molar-refractivity contribution in [1.82, 2.24) is 24.8 Å². The Morgan fingerprint density at radius 1 is 1.46 bits per heavy atom. The van der Waals surface area contributed by atoms with Crippen LogP contribution >= 0.6 is 0 Å². The Hall–Kier alpha value is -2.55. The number of rotatable bonds is 5. The lowest BCUT2D eigenvalue weighted by molar-refractivity contribution is 0.0718. The van der Waals surface area contributed by atoms with E-state index in [1.165, 1.54) is 16.8 Å². The topological polar surface area (TPSA) is 103 Å². The van der Waals surface area contributed by atoms with E-state index in [9.17, 15) is 9.59 Å². The van der Waals surface area contributed by atoms with Crippen molar-refractivity contribution in [2.24, 2.45) is 0 Å². The molecule has 9 nitrogen and oxygen atoms in total. The van der Waals surface area contributed by atoms with Crippen LogP contribution in [0.1, 0.15) is 41.1 Å². The number of carbonyl (C=O) groups is 1. The van der Waals surface area contributed by atoms with Gasteiger partial charge in [-0.05, 0) is 18.9 Å². The van der Waals surface area contributed by atoms with Gasteiger partial charge < -0.3 is 14.2 Å². The van der Waals surface area contributed by atoms with E-state index in [1.807, 2.05) is 0 Å². The van der Waals surface area contributed by atoms with E-state index in [2.05, 4.69) is 15.2 Å². The minimum absolute atomic E-state index is 0.220. The molecule has 24 heavy (non-hydrogen) atoms. The summed E-state index contributed by atoms with van der Waals surface area (Å²) in [5.41, 5.74) is -0.0480. The monoisotopic (exact) mass is 333 g/mol. The van der Waals surface area contributed by atoms with Gasteiger partial charge in [0.2, 0.25) is 5.89 Å². The molecule has 1 aliphatic heterocycles. The number of amides is 1. The summed E-state index contributed by atoms with van der Waals surface area (Å²) >= 11 is 0. The number of aryl methyl sites for hydroxylation is 1. The standard InChI is InChI=1S/C15H19N5O4/c1-10-16-14(18-24-10)12-4-3-7-19(12)15(22)11-5-6-13(21)20(17-11)8-9-23-2/h5-6,12H,3-4,7-9H2,1-2H3. The molecular weight excluding hydrogens is 314 g/mol. The molecule has 9 heteroatoms. The van der Waals surface area contributed by atoms with Gasteiger partial charge in [0.05, 0.1) is 19.2 Å². The summed E-state index contributed by atoms with van der Waals surface area (Å²) in [6.45, 7) is 2.95. The highest BCUT2D eigenvalue weighted by Gasteiger charge is 2.34. The van der Waals surface area contributed by atoms with Crippen molar-refractivity contribution in [3.63, 3.8) is 0 Å². The van der Waals surface area contributed by atoms with Crippen molar-refractivity contribution in [2.45, 2.75) is 32.4 Å². The molecule has 0 bridgehead atoms. The third-order valence-electron chi connectivity index (χ3n) is 3.95. The lowest BCUT2D eigenvalue weighted by atomic mass is 10.2. The van der Waals surface area contributed by atoms with Gasteiger partial charge in [-0.2, -0.15) is 10.1 Å². The number of nitrogens with zero attached hydrogens (tertiary/aromatic N) is 5. The van der Waals surface area contributed by atoms with Crippen LogP contribution in [0.2, 0.25) is 0 Å². The molecular formula is C15H19N5O4. The van der Waals surface area contributed by atoms with Crippen LogP contribution in [-0.2, 0) is 11.3 Å². The van der Waals surface area contributed by atoms with Gasteiger partial charge in [-0.3, -0.25) is 9.59 Å². The first kappa shape index (κ1) is 16.3. The Bertz CT molecular complexity index is 784. The van der Waals surface area contributed by atoms with Crippen LogP contribution in [0.4, 0.5) is 0 Å². The van der Waals surface area contributed by atoms with Crippen LogP contribution in [0.25, 0.3) is 0 Å². The van der Waals surface area contributed by atoms with Crippen LogP contribution in [-0.4, -0.2) is 51.0 Å². The Kier molecular flexibility index (Phi) is 4.70. The Balaban J connectivity index is 1.84. The first-order valence-electron chi connectivity index (χ1n) is 7.78. The molecule has 0 spiro atoms. The molecule has 0 N–H and O–H groups in total. The smallest absolute Gasteiger partial charge is 0.274 e. The van der Waals surface area contributed by atoms with Crippen molar-refractivity contribution in [3.05, 3.63) is 39.9 Å². The molecule has 3 heterocycles. The summed E-state index contributed by atoms with van der Waals surface area (Å²) in [5, 5.41) is 8.08. The molecule has 1 fully saturated rings. The van der Waals surface area contributed by atoms with E-state index in [0.29, 0.717) is 31.4 Å². The molecule has 128 valence electrons. The molecule has 0 aliphatic carbocycles. The summed E-state index contributed by atoms with van der Waals surface area (Å²) in [4.78, 5) is 30.5. The maximum atomic E-state index is 12.8. The zero-order valence-corrected chi connectivity index (χ0v) is 13.6. The van der Waals surface area contributed by atoms with Crippen LogP contribution < -0.4 is 5.56 Å². The van der Waals surface area contributed by atoms with Crippen LogP contribution in [0.5, 0.6) is 0 Å². The minimum atomic E-state index is -0.268. The van der Waals surface area contributed by atoms with Gasteiger partial charge in [-0.15, -0.1) is 0 Å². The van der Waals surface area contributed by atoms with E-state index in [1.54, 1.807) is 18.9 Å². The van der Waals surface area contributed by atoms with Gasteiger partial charge in [-0.1, -0.05) is 5.16 Å². The van der Waals surface area contributed by atoms with Crippen molar-refractivity contribution in [2.75, 3.05) is 20.3 Å². The van der Waals surface area contributed by atoms with Gasteiger partial charge in [0.1, 0.15) is 5.69 Å². The zero-order chi connectivity index (χ0) is 17.1. The highest BCUT2D eigenvalue weighted by atomic mass is 16.5. The fraction of sp³-hybridized carbons (Fsp3) is 0.533. The Morgan fingerprint density at radius 2 is 2.29 bits per heavy atom. The molecule has 1 atom stereocenters. The Morgan fingerprint density at radius 3 is 3.00 bits per heavy atom. The van der Waals surface area contributed by atoms with Gasteiger partial charge in [0.15, 0.2) is 5.82 Å². The molecule has 3 rings (SSSR count). The maximum absolute atomic E-state index is 12.8. The summed E-state index contributed by atoms with van der Waals surface area (Å²) in [5.74, 6) is 0.729. The average molecular weight is 333 g/mol. The zero-order valence-electron chi connectivity index (χ0n) is 13.6. The normalized spacial score (nSPS) is 17.4. The Labute approximate surface area is 138 Å². The van der Waals surface area contributed by atoms with Gasteiger partial charge in [0.25, 0.3) is 11.5 Å². The average Bonchev–Trinajstić information content (AvgIpc) is 3.22. The van der Waals surface area contributed by atoms with E-state index in [4.69, 9.17) is 9.26 Å². The second kappa shape index (κ2) is 6.91. The number of likely N-dealkylation sites (tertiary alicyclic amines) is 1. The first-order valence-corrected chi connectivity index (χ1v) is 7.78. The molecule has 2 aromatic rings. The van der Waals surface area contributed by atoms with Crippen LogP contribution in [0, 0.1) is 6.92 Å². The van der Waals surface area contributed by atoms with Crippen molar-refractivity contribution >= 4 is 5.91 Å². The predicted octanol–water partition coefficient (Wildman–Crippen LogP) is 0.558. The molecule has 1 aliphatic rings. The molecule has 0 radical (unpaired) electrons. The molecule has 0 aromatic carbocycles. The summed E-state index contributed by atoms with van der Waals surface area (Å²) in [6, 6.07) is 2.57. The van der Waals surface area contributed by atoms with Crippen LogP contribution in [0.15, 0.2) is 21.5 Å². The second-order valence-electron chi connectivity index (χ2n) is 5.60. The number of hydrogen-bond acceptors (Lipinski definition) is 7. The lowest BCUT2D eigenvalue weighted by Crippen LogP contribution is -2.34. The number of carbonyl (C=O) groups excluding carboxylic acids is 1. The van der Waals surface area contributed by atoms with Crippen molar-refractivity contribution < 1.29 is 14.1 Å². The van der Waals surface area contributed by atoms with Crippen molar-refractivity contribution in [1.29, 1.82) is 0 Å². The summed E-state index contributed by atoms with van der Waals surface area (Å²) in [7, 11) is 1.54.